The molecule has 10 heteroatoms. The Morgan fingerprint density at radius 3 is 2.43 bits per heavy atom. The molecule has 3 amide bonds. The van der Waals surface area contributed by atoms with Crippen LogP contribution in [-0.2, 0) is 20.9 Å². The number of aromatic nitrogens is 1. The van der Waals surface area contributed by atoms with Gasteiger partial charge in [0.05, 0.1) is 10.7 Å². The lowest BCUT2D eigenvalue weighted by Gasteiger charge is -2.29. The molecule has 5 rings (SSSR count). The van der Waals surface area contributed by atoms with E-state index in [-0.39, 0.29) is 23.1 Å². The Balaban J connectivity index is 1.49. The molecule has 4 aromatic rings. The topological polar surface area (TPSA) is 83.4 Å². The van der Waals surface area contributed by atoms with E-state index in [4.69, 9.17) is 35.4 Å². The van der Waals surface area contributed by atoms with Gasteiger partial charge in [-0.3, -0.25) is 24.6 Å². The highest BCUT2D eigenvalue weighted by Gasteiger charge is 2.35. The number of nitrogens with one attached hydrogen (secondary N) is 2. The summed E-state index contributed by atoms with van der Waals surface area (Å²) in [7, 11) is 0. The molecular formula is C27H18Cl2N4O3S. The van der Waals surface area contributed by atoms with Gasteiger partial charge in [-0.2, -0.15) is 0 Å². The third-order valence-electron chi connectivity index (χ3n) is 5.76. The molecule has 1 aliphatic heterocycles. The molecule has 1 fully saturated rings. The number of amides is 3. The third-order valence-corrected chi connectivity index (χ3v) is 6.61. The summed E-state index contributed by atoms with van der Waals surface area (Å²) in [4.78, 5) is 40.2. The van der Waals surface area contributed by atoms with Crippen LogP contribution in [-0.4, -0.2) is 27.4 Å². The second kappa shape index (κ2) is 10.2. The largest absolute Gasteiger partial charge is 0.337 e. The lowest BCUT2D eigenvalue weighted by Crippen LogP contribution is -2.54. The number of thiocarbonyl (C=S) groups is 1. The lowest BCUT2D eigenvalue weighted by molar-refractivity contribution is -0.122. The maximum atomic E-state index is 13.4. The molecule has 0 radical (unpaired) electrons. The smallest absolute Gasteiger partial charge is 0.270 e. The van der Waals surface area contributed by atoms with Crippen molar-refractivity contribution in [1.29, 1.82) is 0 Å². The number of carbonyl (C=O) groups excluding carboxylic acids is 3. The van der Waals surface area contributed by atoms with Crippen LogP contribution in [0.15, 0.2) is 84.6 Å². The van der Waals surface area contributed by atoms with Gasteiger partial charge in [0.25, 0.3) is 11.8 Å². The fraction of sp³-hybridized carbons (Fsp3) is 0.0370. The second-order valence-corrected chi connectivity index (χ2v) is 9.42. The summed E-state index contributed by atoms with van der Waals surface area (Å²) in [5.41, 5.74) is 2.24. The fourth-order valence-corrected chi connectivity index (χ4v) is 4.69. The van der Waals surface area contributed by atoms with E-state index in [1.54, 1.807) is 59.3 Å². The zero-order valence-electron chi connectivity index (χ0n) is 19.1. The summed E-state index contributed by atoms with van der Waals surface area (Å²) in [6.07, 6.45) is 3.23. The van der Waals surface area contributed by atoms with Gasteiger partial charge in [0.1, 0.15) is 12.1 Å². The molecule has 37 heavy (non-hydrogen) atoms. The molecule has 184 valence electrons. The molecule has 0 saturated carbocycles. The first-order chi connectivity index (χ1) is 17.8. The molecule has 0 atom stereocenters. The van der Waals surface area contributed by atoms with Crippen molar-refractivity contribution in [3.8, 4) is 0 Å². The average molecular weight is 549 g/mol. The van der Waals surface area contributed by atoms with Crippen molar-refractivity contribution in [3.63, 3.8) is 0 Å². The lowest BCUT2D eigenvalue weighted by atomic mass is 10.1. The molecule has 7 nitrogen and oxygen atoms in total. The summed E-state index contributed by atoms with van der Waals surface area (Å²) < 4.78 is 1.76. The molecule has 0 unspecified atom stereocenters. The Morgan fingerprint density at radius 2 is 1.68 bits per heavy atom. The maximum absolute atomic E-state index is 13.4. The van der Waals surface area contributed by atoms with Crippen molar-refractivity contribution in [2.24, 2.45) is 0 Å². The number of nitrogens with zero attached hydrogens (tertiary/aromatic N) is 2. The van der Waals surface area contributed by atoms with Crippen LogP contribution in [0.2, 0.25) is 10.0 Å². The SMILES string of the molecule is O=C(Cn1cc(/C=C2\C(=O)NC(=S)N(c3ccccc3Cl)C2=O)c2ccccc21)Nc1ccc(Cl)cc1. The Kier molecular flexibility index (Phi) is 6.80. The quantitative estimate of drug-likeness (QED) is 0.198. The van der Waals surface area contributed by atoms with E-state index in [0.717, 1.165) is 10.9 Å². The first-order valence-electron chi connectivity index (χ1n) is 11.1. The normalized spacial score (nSPS) is 14.8. The van der Waals surface area contributed by atoms with Crippen LogP contribution in [0.4, 0.5) is 11.4 Å². The number of halogens is 2. The van der Waals surface area contributed by atoms with Crippen molar-refractivity contribution in [1.82, 2.24) is 9.88 Å². The highest BCUT2D eigenvalue weighted by atomic mass is 35.5. The molecule has 3 aromatic carbocycles. The molecule has 2 heterocycles. The van der Waals surface area contributed by atoms with E-state index < -0.39 is 11.8 Å². The molecule has 0 aliphatic carbocycles. The van der Waals surface area contributed by atoms with Gasteiger partial charge in [0, 0.05) is 33.4 Å². The van der Waals surface area contributed by atoms with Gasteiger partial charge in [0.15, 0.2) is 5.11 Å². The molecule has 1 saturated heterocycles. The molecule has 1 aliphatic rings. The summed E-state index contributed by atoms with van der Waals surface area (Å²) >= 11 is 17.5. The Bertz CT molecular complexity index is 1610. The maximum Gasteiger partial charge on any atom is 0.270 e. The van der Waals surface area contributed by atoms with Crippen LogP contribution in [0.25, 0.3) is 17.0 Å². The number of hydrogen-bond donors (Lipinski definition) is 2. The number of carbonyl (C=O) groups is 3. The van der Waals surface area contributed by atoms with Gasteiger partial charge in [-0.15, -0.1) is 0 Å². The van der Waals surface area contributed by atoms with Crippen molar-refractivity contribution < 1.29 is 14.4 Å². The van der Waals surface area contributed by atoms with E-state index in [9.17, 15) is 14.4 Å². The van der Waals surface area contributed by atoms with E-state index in [0.29, 0.717) is 27.0 Å². The first kappa shape index (κ1) is 24.7. The van der Waals surface area contributed by atoms with Crippen LogP contribution < -0.4 is 15.5 Å². The standard InChI is InChI=1S/C27H18Cl2N4O3S/c28-17-9-11-18(12-10-17)30-24(34)15-32-14-16(19-5-1-3-7-22(19)32)13-20-25(35)31-27(37)33(26(20)36)23-8-4-2-6-21(23)29/h1-14H,15H2,(H,30,34)(H,31,35,37)/b20-13+. The Labute approximate surface area is 227 Å². The minimum absolute atomic E-state index is 0.0162. The van der Waals surface area contributed by atoms with Crippen LogP contribution in [0.1, 0.15) is 5.56 Å². The van der Waals surface area contributed by atoms with Crippen LogP contribution in [0, 0.1) is 0 Å². The highest BCUT2D eigenvalue weighted by molar-refractivity contribution is 7.80. The van der Waals surface area contributed by atoms with Crippen LogP contribution >= 0.6 is 35.4 Å². The molecule has 0 bridgehead atoms. The zero-order valence-corrected chi connectivity index (χ0v) is 21.4. The predicted octanol–water partition coefficient (Wildman–Crippen LogP) is 5.42. The molecule has 1 aromatic heterocycles. The van der Waals surface area contributed by atoms with E-state index in [1.807, 2.05) is 24.3 Å². The van der Waals surface area contributed by atoms with Crippen molar-refractivity contribution in [2.75, 3.05) is 10.2 Å². The second-order valence-electron chi connectivity index (χ2n) is 8.19. The minimum Gasteiger partial charge on any atom is -0.337 e. The molecule has 0 spiro atoms. The van der Waals surface area contributed by atoms with Gasteiger partial charge in [-0.1, -0.05) is 53.5 Å². The number of benzene rings is 3. The first-order valence-corrected chi connectivity index (χ1v) is 12.3. The van der Waals surface area contributed by atoms with Crippen molar-refractivity contribution in [3.05, 3.63) is 100 Å². The van der Waals surface area contributed by atoms with Gasteiger partial charge in [0.2, 0.25) is 5.91 Å². The van der Waals surface area contributed by atoms with Crippen molar-refractivity contribution >= 4 is 86.6 Å². The third kappa shape index (κ3) is 4.99. The predicted molar refractivity (Wildman–Crippen MR) is 150 cm³/mol. The Hall–Kier alpha value is -3.98. The van der Waals surface area contributed by atoms with Crippen molar-refractivity contribution in [2.45, 2.75) is 6.54 Å². The van der Waals surface area contributed by atoms with Crippen LogP contribution in [0.5, 0.6) is 0 Å². The highest BCUT2D eigenvalue weighted by Crippen LogP contribution is 2.30. The van der Waals surface area contributed by atoms with E-state index >= 15 is 0 Å². The summed E-state index contributed by atoms with van der Waals surface area (Å²) in [6.45, 7) is 0.0162. The zero-order chi connectivity index (χ0) is 26.1. The molecule has 2 N–H and O–H groups in total. The summed E-state index contributed by atoms with van der Waals surface area (Å²) in [5.74, 6) is -1.46. The fourth-order valence-electron chi connectivity index (χ4n) is 4.07. The minimum atomic E-state index is -0.615. The Morgan fingerprint density at radius 1 is 0.973 bits per heavy atom. The van der Waals surface area contributed by atoms with Gasteiger partial charge in [-0.25, -0.2) is 0 Å². The number of fused-ring (bicyclic) bond motifs is 1. The average Bonchev–Trinajstić information content (AvgIpc) is 3.21. The summed E-state index contributed by atoms with van der Waals surface area (Å²) in [5, 5.41) is 7.00. The number of para-hydroxylation sites is 2. The van der Waals surface area contributed by atoms with Gasteiger partial charge < -0.3 is 9.88 Å². The molecular weight excluding hydrogens is 531 g/mol. The number of anilines is 2. The van der Waals surface area contributed by atoms with Crippen LogP contribution in [0.3, 0.4) is 0 Å². The van der Waals surface area contributed by atoms with E-state index in [1.165, 1.54) is 11.0 Å². The monoisotopic (exact) mass is 548 g/mol. The van der Waals surface area contributed by atoms with Gasteiger partial charge in [-0.05, 0) is 60.8 Å². The summed E-state index contributed by atoms with van der Waals surface area (Å²) in [6, 6.07) is 21.0. The number of rotatable bonds is 5. The van der Waals surface area contributed by atoms with Gasteiger partial charge >= 0.3 is 0 Å². The van der Waals surface area contributed by atoms with E-state index in [2.05, 4.69) is 10.6 Å². The number of hydrogen-bond acceptors (Lipinski definition) is 4.